The van der Waals surface area contributed by atoms with Crippen LogP contribution in [0.3, 0.4) is 0 Å². The van der Waals surface area contributed by atoms with E-state index in [2.05, 4.69) is 0 Å². The van der Waals surface area contributed by atoms with Gasteiger partial charge in [-0.1, -0.05) is 17.7 Å². The van der Waals surface area contributed by atoms with E-state index in [9.17, 15) is 18.0 Å². The van der Waals surface area contributed by atoms with Crippen molar-refractivity contribution in [2.24, 2.45) is 5.92 Å². The van der Waals surface area contributed by atoms with E-state index in [1.165, 1.54) is 15.6 Å². The van der Waals surface area contributed by atoms with Gasteiger partial charge in [-0.3, -0.25) is 9.59 Å². The van der Waals surface area contributed by atoms with Gasteiger partial charge in [0.25, 0.3) is 10.0 Å². The van der Waals surface area contributed by atoms with E-state index in [0.29, 0.717) is 27.6 Å². The van der Waals surface area contributed by atoms with Gasteiger partial charge in [-0.2, -0.15) is 4.31 Å². The second kappa shape index (κ2) is 10.3. The fourth-order valence-electron chi connectivity index (χ4n) is 4.41. The summed E-state index contributed by atoms with van der Waals surface area (Å²) in [5.74, 6) is -1.18. The lowest BCUT2D eigenvalue weighted by molar-refractivity contribution is -0.152. The fourth-order valence-corrected chi connectivity index (χ4v) is 7.15. The summed E-state index contributed by atoms with van der Waals surface area (Å²) in [6, 6.07) is 12.4. The Morgan fingerprint density at radius 2 is 1.77 bits per heavy atom. The minimum absolute atomic E-state index is 0.241. The first-order valence-corrected chi connectivity index (χ1v) is 14.0. The number of ketones is 1. The number of aromatic nitrogens is 1. The van der Waals surface area contributed by atoms with Crippen LogP contribution < -0.4 is 0 Å². The van der Waals surface area contributed by atoms with Gasteiger partial charge in [0, 0.05) is 40.8 Å². The molecule has 2 aromatic heterocycles. The molecule has 1 fully saturated rings. The van der Waals surface area contributed by atoms with Crippen LogP contribution in [0.1, 0.15) is 41.5 Å². The first kappa shape index (κ1) is 25.6. The van der Waals surface area contributed by atoms with Gasteiger partial charge in [0.1, 0.15) is 4.21 Å². The number of aryl methyl sites for hydroxylation is 1. The van der Waals surface area contributed by atoms with Crippen molar-refractivity contribution in [1.29, 1.82) is 0 Å². The van der Waals surface area contributed by atoms with E-state index in [0.717, 1.165) is 17.1 Å². The van der Waals surface area contributed by atoms with Crippen molar-refractivity contribution < 1.29 is 22.7 Å². The molecule has 1 aliphatic heterocycles. The van der Waals surface area contributed by atoms with Crippen LogP contribution in [0.15, 0.2) is 52.1 Å². The number of nitrogens with zero attached hydrogens (tertiary/aromatic N) is 2. The number of hydrogen-bond acceptors (Lipinski definition) is 6. The Morgan fingerprint density at radius 1 is 1.11 bits per heavy atom. The van der Waals surface area contributed by atoms with Crippen molar-refractivity contribution in [1.82, 2.24) is 8.87 Å². The van der Waals surface area contributed by atoms with Crippen molar-refractivity contribution in [3.63, 3.8) is 0 Å². The minimum Gasteiger partial charge on any atom is -0.454 e. The zero-order chi connectivity index (χ0) is 25.3. The molecule has 1 aromatic carbocycles. The predicted octanol–water partition coefficient (Wildman–Crippen LogP) is 5.02. The molecule has 0 saturated carbocycles. The maximum absolute atomic E-state index is 13.2. The number of carbonyl (C=O) groups excluding carboxylic acids is 2. The van der Waals surface area contributed by atoms with E-state index in [-0.39, 0.29) is 18.9 Å². The second-order valence-electron chi connectivity index (χ2n) is 8.65. The standard InChI is InChI=1S/C25H27ClN2O5S2/c1-16-15-22(17(2)28(16)21-8-6-20(26)7-9-21)24(29)18(3)33-25(30)19-10-12-27(13-11-19)35(31,32)23-5-4-14-34-23/h4-9,14-15,18-19H,10-13H2,1-3H3/t18-/m0/s1. The van der Waals surface area contributed by atoms with Crippen LogP contribution in [0, 0.1) is 19.8 Å². The topological polar surface area (TPSA) is 85.7 Å². The number of thiophene rings is 1. The van der Waals surface area contributed by atoms with Crippen LogP contribution >= 0.6 is 22.9 Å². The quantitative estimate of drug-likeness (QED) is 0.314. The molecule has 186 valence electrons. The van der Waals surface area contributed by atoms with E-state index in [4.69, 9.17) is 16.3 Å². The molecule has 0 unspecified atom stereocenters. The van der Waals surface area contributed by atoms with Crippen LogP contribution in [-0.2, 0) is 19.6 Å². The van der Waals surface area contributed by atoms with Gasteiger partial charge < -0.3 is 9.30 Å². The summed E-state index contributed by atoms with van der Waals surface area (Å²) >= 11 is 7.17. The highest BCUT2D eigenvalue weighted by molar-refractivity contribution is 7.91. The van der Waals surface area contributed by atoms with Gasteiger partial charge in [-0.25, -0.2) is 8.42 Å². The first-order valence-electron chi connectivity index (χ1n) is 11.3. The number of Topliss-reactive ketones (excluding diaryl/α,β-unsaturated/α-hetero) is 1. The van der Waals surface area contributed by atoms with Crippen molar-refractivity contribution >= 4 is 44.7 Å². The van der Waals surface area contributed by atoms with Crippen LogP contribution in [0.4, 0.5) is 0 Å². The lowest BCUT2D eigenvalue weighted by Crippen LogP contribution is -2.41. The number of hydrogen-bond donors (Lipinski definition) is 0. The van der Waals surface area contributed by atoms with Gasteiger partial charge in [0.15, 0.2) is 6.10 Å². The summed E-state index contributed by atoms with van der Waals surface area (Å²) in [6.07, 6.45) is -0.236. The number of sulfonamides is 1. The average Bonchev–Trinajstić information content (AvgIpc) is 3.48. The molecule has 3 heterocycles. The smallest absolute Gasteiger partial charge is 0.309 e. The Balaban J connectivity index is 1.39. The van der Waals surface area contributed by atoms with Gasteiger partial charge in [-0.15, -0.1) is 11.3 Å². The average molecular weight is 535 g/mol. The molecule has 4 rings (SSSR count). The molecular formula is C25H27ClN2O5S2. The third kappa shape index (κ3) is 5.23. The van der Waals surface area contributed by atoms with Crippen molar-refractivity contribution in [2.75, 3.05) is 13.1 Å². The molecule has 0 radical (unpaired) electrons. The lowest BCUT2D eigenvalue weighted by atomic mass is 9.98. The second-order valence-corrected chi connectivity index (χ2v) is 12.2. The third-order valence-corrected chi connectivity index (χ3v) is 9.84. The highest BCUT2D eigenvalue weighted by atomic mass is 35.5. The van der Waals surface area contributed by atoms with Crippen LogP contribution in [0.5, 0.6) is 0 Å². The molecule has 0 aliphatic carbocycles. The number of piperidine rings is 1. The fraction of sp³-hybridized carbons (Fsp3) is 0.360. The monoisotopic (exact) mass is 534 g/mol. The lowest BCUT2D eigenvalue weighted by Gasteiger charge is -2.30. The Morgan fingerprint density at radius 3 is 2.37 bits per heavy atom. The Hall–Kier alpha value is -2.46. The highest BCUT2D eigenvalue weighted by Crippen LogP contribution is 2.28. The van der Waals surface area contributed by atoms with Gasteiger partial charge in [0.2, 0.25) is 5.78 Å². The summed E-state index contributed by atoms with van der Waals surface area (Å²) in [5, 5.41) is 2.35. The molecule has 1 saturated heterocycles. The zero-order valence-electron chi connectivity index (χ0n) is 19.7. The van der Waals surface area contributed by atoms with Crippen molar-refractivity contribution in [3.05, 3.63) is 69.8 Å². The van der Waals surface area contributed by atoms with Crippen molar-refractivity contribution in [3.8, 4) is 5.69 Å². The number of carbonyl (C=O) groups is 2. The molecule has 0 amide bonds. The summed E-state index contributed by atoms with van der Waals surface area (Å²) in [4.78, 5) is 25.9. The Bertz CT molecular complexity index is 1320. The van der Waals surface area contributed by atoms with Crippen molar-refractivity contribution in [2.45, 2.75) is 43.9 Å². The third-order valence-electron chi connectivity index (χ3n) is 6.32. The molecule has 7 nitrogen and oxygen atoms in total. The Labute approximate surface area is 214 Å². The number of rotatable bonds is 7. The van der Waals surface area contributed by atoms with Crippen LogP contribution in [0.25, 0.3) is 5.69 Å². The van der Waals surface area contributed by atoms with Gasteiger partial charge >= 0.3 is 5.97 Å². The number of halogens is 1. The maximum atomic E-state index is 13.2. The predicted molar refractivity (Wildman–Crippen MR) is 136 cm³/mol. The zero-order valence-corrected chi connectivity index (χ0v) is 22.1. The van der Waals surface area contributed by atoms with Crippen LogP contribution in [0.2, 0.25) is 5.02 Å². The van der Waals surface area contributed by atoms with E-state index in [1.807, 2.05) is 30.5 Å². The summed E-state index contributed by atoms with van der Waals surface area (Å²) in [6.45, 7) is 5.82. The van der Waals surface area contributed by atoms with E-state index in [1.54, 1.807) is 42.6 Å². The molecule has 1 aliphatic rings. The molecule has 1 atom stereocenters. The largest absolute Gasteiger partial charge is 0.454 e. The number of benzene rings is 1. The van der Waals surface area contributed by atoms with Crippen LogP contribution in [-0.4, -0.2) is 48.2 Å². The summed E-state index contributed by atoms with van der Waals surface area (Å²) < 4.78 is 34.6. The summed E-state index contributed by atoms with van der Waals surface area (Å²) in [5.41, 5.74) is 3.02. The highest BCUT2D eigenvalue weighted by Gasteiger charge is 2.34. The molecule has 0 spiro atoms. The molecule has 10 heteroatoms. The molecular weight excluding hydrogens is 508 g/mol. The molecule has 3 aromatic rings. The SMILES string of the molecule is Cc1cc(C(=O)[C@H](C)OC(=O)C2CCN(S(=O)(=O)c3cccs3)CC2)c(C)n1-c1ccc(Cl)cc1. The first-order chi connectivity index (χ1) is 16.6. The van der Waals surface area contributed by atoms with Gasteiger partial charge in [-0.05, 0) is 75.4 Å². The number of ether oxygens (including phenoxy) is 1. The Kier molecular flexibility index (Phi) is 7.51. The normalized spacial score (nSPS) is 16.2. The maximum Gasteiger partial charge on any atom is 0.309 e. The van der Waals surface area contributed by atoms with E-state index < -0.39 is 28.0 Å². The minimum atomic E-state index is -3.54. The molecule has 35 heavy (non-hydrogen) atoms. The molecule has 0 N–H and O–H groups in total. The summed E-state index contributed by atoms with van der Waals surface area (Å²) in [7, 11) is -3.54. The molecule has 0 bridgehead atoms. The number of esters is 1. The van der Waals surface area contributed by atoms with Gasteiger partial charge in [0.05, 0.1) is 5.92 Å². The van der Waals surface area contributed by atoms with E-state index >= 15 is 0 Å².